The normalized spacial score (nSPS) is 14.7. The molecule has 0 atom stereocenters. The molecule has 4 heteroatoms. The maximum absolute atomic E-state index is 13.3. The number of hydrogen-bond acceptors (Lipinski definition) is 1. The van der Waals surface area contributed by atoms with E-state index < -0.39 is 11.6 Å². The van der Waals surface area contributed by atoms with Gasteiger partial charge in [-0.05, 0) is 12.6 Å². The van der Waals surface area contributed by atoms with Crippen LogP contribution in [0.25, 0.3) is 5.70 Å². The topological polar surface area (TPSA) is 3.24 Å². The van der Waals surface area contributed by atoms with Gasteiger partial charge in [-0.1, -0.05) is 36.9 Å². The number of rotatable bonds is 2. The first-order valence-corrected chi connectivity index (χ1v) is 5.76. The van der Waals surface area contributed by atoms with E-state index in [-0.39, 0.29) is 32.7 Å². The minimum atomic E-state index is -0.591. The third-order valence-corrected chi connectivity index (χ3v) is 2.93. The van der Waals surface area contributed by atoms with E-state index in [4.69, 9.17) is 0 Å². The molecule has 1 aromatic rings. The number of benzene rings is 1. The summed E-state index contributed by atoms with van der Waals surface area (Å²) in [5.41, 5.74) is 2.94. The molecule has 2 rings (SSSR count). The van der Waals surface area contributed by atoms with Crippen molar-refractivity contribution >= 4 is 5.70 Å². The van der Waals surface area contributed by atoms with E-state index in [2.05, 4.69) is 12.7 Å². The van der Waals surface area contributed by atoms with Gasteiger partial charge in [-0.25, -0.2) is 8.78 Å². The van der Waals surface area contributed by atoms with Gasteiger partial charge in [0.2, 0.25) is 0 Å². The number of nitrogens with zero attached hydrogens (tertiary/aromatic N) is 1. The molecule has 0 amide bonds. The molecule has 0 spiro atoms. The third-order valence-electron chi connectivity index (χ3n) is 2.93. The van der Waals surface area contributed by atoms with Crippen LogP contribution in [-0.4, -0.2) is 11.4 Å². The molecule has 0 fully saturated rings. The van der Waals surface area contributed by atoms with Crippen molar-refractivity contribution in [3.63, 3.8) is 0 Å². The van der Waals surface area contributed by atoms with E-state index in [1.807, 2.05) is 18.7 Å². The number of hydrogen-bond donors (Lipinski definition) is 0. The smallest absolute Gasteiger partial charge is 0.114 e. The quantitative estimate of drug-likeness (QED) is 0.741. The second kappa shape index (κ2) is 6.58. The van der Waals surface area contributed by atoms with Gasteiger partial charge in [0.25, 0.3) is 0 Å². The summed E-state index contributed by atoms with van der Waals surface area (Å²) >= 11 is 0. The summed E-state index contributed by atoms with van der Waals surface area (Å²) < 4.78 is 26.5. The molecule has 1 aliphatic heterocycles. The fourth-order valence-corrected chi connectivity index (χ4v) is 1.96. The van der Waals surface area contributed by atoms with Crippen LogP contribution in [0.5, 0.6) is 0 Å². The Hall–Kier alpha value is -0.796. The fourth-order valence-electron chi connectivity index (χ4n) is 1.96. The third kappa shape index (κ3) is 3.40. The van der Waals surface area contributed by atoms with E-state index in [9.17, 15) is 8.78 Å². The van der Waals surface area contributed by atoms with Gasteiger partial charge in [-0.3, -0.25) is 0 Å². The van der Waals surface area contributed by atoms with Gasteiger partial charge in [0, 0.05) is 45.3 Å². The second-order valence-electron chi connectivity index (χ2n) is 4.17. The molecule has 0 aromatic heterocycles. The van der Waals surface area contributed by atoms with Crippen molar-refractivity contribution in [1.82, 2.24) is 4.90 Å². The van der Waals surface area contributed by atoms with E-state index in [1.165, 1.54) is 12.1 Å². The van der Waals surface area contributed by atoms with Crippen LogP contribution in [-0.2, 0) is 32.7 Å². The van der Waals surface area contributed by atoms with Crippen molar-refractivity contribution < 1.29 is 41.5 Å². The fraction of sp³-hybridized carbons (Fsp3) is 0.200. The molecule has 0 saturated carbocycles. The van der Waals surface area contributed by atoms with Crippen molar-refractivity contribution in [2.45, 2.75) is 13.8 Å². The molecule has 0 unspecified atom stereocenters. The Balaban J connectivity index is 0.00000180. The average Bonchev–Trinajstić information content (AvgIpc) is 2.31. The molecule has 0 N–H and O–H groups in total. The average molecular weight is 335 g/mol. The molecule has 97 valence electrons. The minimum Gasteiger partial charge on any atom is -0.376 e. The Kier molecular flexibility index (Phi) is 5.63. The van der Waals surface area contributed by atoms with Gasteiger partial charge in [0.05, 0.1) is 0 Å². The molecular weight excluding hydrogens is 321 g/mol. The predicted molar refractivity (Wildman–Crippen MR) is 68.3 cm³/mol. The van der Waals surface area contributed by atoms with Crippen molar-refractivity contribution in [2.24, 2.45) is 0 Å². The Bertz CT molecular complexity index is 541. The monoisotopic (exact) mass is 335 g/mol. The molecular formula is C15H14F2NY-. The van der Waals surface area contributed by atoms with Crippen LogP contribution in [0, 0.1) is 17.7 Å². The van der Waals surface area contributed by atoms with E-state index in [0.29, 0.717) is 17.8 Å². The van der Waals surface area contributed by atoms with Crippen LogP contribution in [0.15, 0.2) is 42.1 Å². The standard InChI is InChI=1S/C15H14F2N.Y/c1-4-18-11(3)10(2)5-6-15(18)12-7-13(16)9-14(17)8-12;/h5,7-9H,3-4H2,1-2H3;/q-1;. The molecule has 1 heterocycles. The maximum atomic E-state index is 13.3. The summed E-state index contributed by atoms with van der Waals surface area (Å²) in [6.07, 6.45) is 4.84. The molecule has 1 aliphatic rings. The van der Waals surface area contributed by atoms with Crippen molar-refractivity contribution in [3.05, 3.63) is 65.4 Å². The molecule has 19 heavy (non-hydrogen) atoms. The molecule has 0 saturated heterocycles. The zero-order valence-corrected chi connectivity index (χ0v) is 13.8. The number of likely N-dealkylation sites (N-methyl/N-ethyl adjacent to an activating group) is 1. The van der Waals surface area contributed by atoms with E-state index in [0.717, 1.165) is 17.3 Å². The molecule has 0 bridgehead atoms. The van der Waals surface area contributed by atoms with Crippen LogP contribution >= 0.6 is 0 Å². The van der Waals surface area contributed by atoms with Crippen LogP contribution < -0.4 is 0 Å². The summed E-state index contributed by atoms with van der Waals surface area (Å²) in [6, 6.07) is 3.46. The predicted octanol–water partition coefficient (Wildman–Crippen LogP) is 3.90. The van der Waals surface area contributed by atoms with E-state index >= 15 is 0 Å². The van der Waals surface area contributed by atoms with Crippen LogP contribution in [0.1, 0.15) is 19.4 Å². The maximum Gasteiger partial charge on any atom is 0.114 e. The first-order chi connectivity index (χ1) is 8.52. The van der Waals surface area contributed by atoms with Gasteiger partial charge >= 0.3 is 0 Å². The summed E-state index contributed by atoms with van der Waals surface area (Å²) in [6.45, 7) is 8.54. The zero-order chi connectivity index (χ0) is 13.3. The minimum absolute atomic E-state index is 0. The Morgan fingerprint density at radius 2 is 1.79 bits per heavy atom. The molecule has 1 nitrogen and oxygen atoms in total. The van der Waals surface area contributed by atoms with Crippen molar-refractivity contribution in [1.29, 1.82) is 0 Å². The van der Waals surface area contributed by atoms with E-state index in [1.54, 1.807) is 6.08 Å². The van der Waals surface area contributed by atoms with Gasteiger partial charge < -0.3 is 4.90 Å². The van der Waals surface area contributed by atoms with Crippen LogP contribution in [0.3, 0.4) is 0 Å². The summed E-state index contributed by atoms with van der Waals surface area (Å²) in [7, 11) is 0. The Labute approximate surface area is 137 Å². The largest absolute Gasteiger partial charge is 0.376 e. The van der Waals surface area contributed by atoms with Crippen molar-refractivity contribution in [3.8, 4) is 0 Å². The number of allylic oxidation sites excluding steroid dienone is 3. The van der Waals surface area contributed by atoms with Crippen molar-refractivity contribution in [2.75, 3.05) is 6.54 Å². The molecule has 1 radical (unpaired) electrons. The van der Waals surface area contributed by atoms with Gasteiger partial charge in [-0.15, -0.1) is 5.57 Å². The molecule has 0 aliphatic carbocycles. The Morgan fingerprint density at radius 1 is 1.21 bits per heavy atom. The van der Waals surface area contributed by atoms with Gasteiger partial charge in [-0.2, -0.15) is 12.2 Å². The summed E-state index contributed by atoms with van der Waals surface area (Å²) in [4.78, 5) is 1.89. The first-order valence-electron chi connectivity index (χ1n) is 5.76. The molecule has 1 aromatic carbocycles. The SMILES string of the molecule is C=C1C(C)=C[C-]=C(c2cc(F)cc(F)c2)N1CC.[Y]. The first kappa shape index (κ1) is 16.3. The number of halogens is 2. The summed E-state index contributed by atoms with van der Waals surface area (Å²) in [5, 5.41) is 0. The zero-order valence-electron chi connectivity index (χ0n) is 11.0. The van der Waals surface area contributed by atoms with Gasteiger partial charge in [0.1, 0.15) is 11.6 Å². The van der Waals surface area contributed by atoms with Crippen LogP contribution in [0.2, 0.25) is 0 Å². The Morgan fingerprint density at radius 3 is 2.32 bits per heavy atom. The van der Waals surface area contributed by atoms with Crippen LogP contribution in [0.4, 0.5) is 8.78 Å². The van der Waals surface area contributed by atoms with Gasteiger partial charge in [0.15, 0.2) is 0 Å². The summed E-state index contributed by atoms with van der Waals surface area (Å²) in [5.74, 6) is -1.18. The second-order valence-corrected chi connectivity index (χ2v) is 4.17.